The molecule has 6 nitrogen and oxygen atoms in total. The fourth-order valence-electron chi connectivity index (χ4n) is 2.38. The number of rotatable bonds is 3. The lowest BCUT2D eigenvalue weighted by Gasteiger charge is -2.27. The average molecular weight is 298 g/mol. The maximum absolute atomic E-state index is 12.1. The predicted molar refractivity (Wildman–Crippen MR) is 74.8 cm³/mol. The van der Waals surface area contributed by atoms with Crippen molar-refractivity contribution in [3.8, 4) is 0 Å². The Morgan fingerprint density at radius 3 is 2.60 bits per heavy atom. The minimum absolute atomic E-state index is 0.0569. The van der Waals surface area contributed by atoms with Crippen LogP contribution in [0.25, 0.3) is 0 Å². The summed E-state index contributed by atoms with van der Waals surface area (Å²) in [4.78, 5) is 26.6. The van der Waals surface area contributed by atoms with E-state index in [1.165, 1.54) is 6.20 Å². The summed E-state index contributed by atoms with van der Waals surface area (Å²) in [6.07, 6.45) is 4.72. The zero-order valence-electron chi connectivity index (χ0n) is 10.8. The molecule has 1 fully saturated rings. The van der Waals surface area contributed by atoms with Crippen molar-refractivity contribution in [1.29, 1.82) is 0 Å². The Balaban J connectivity index is 1.86. The normalized spacial score (nSPS) is 22.1. The van der Waals surface area contributed by atoms with Crippen LogP contribution in [-0.4, -0.2) is 28.1 Å². The number of nitrogens with one attached hydrogen (secondary N) is 2. The lowest BCUT2D eigenvalue weighted by atomic mass is 9.85. The molecular weight excluding hydrogens is 282 g/mol. The number of anilines is 1. The van der Waals surface area contributed by atoms with Crippen molar-refractivity contribution < 1.29 is 14.7 Å². The number of carbonyl (C=O) groups is 2. The molecule has 108 valence electrons. The lowest BCUT2D eigenvalue weighted by Crippen LogP contribution is -2.38. The minimum Gasteiger partial charge on any atom is -0.465 e. The Bertz CT molecular complexity index is 501. The van der Waals surface area contributed by atoms with E-state index in [1.54, 1.807) is 12.3 Å². The Hall–Kier alpha value is -1.82. The monoisotopic (exact) mass is 297 g/mol. The minimum atomic E-state index is -1.01. The third-order valence-electron chi connectivity index (χ3n) is 3.45. The van der Waals surface area contributed by atoms with Gasteiger partial charge in [0.1, 0.15) is 0 Å². The number of nitrogens with zero attached hydrogens (tertiary/aromatic N) is 1. The van der Waals surface area contributed by atoms with Crippen molar-refractivity contribution in [3.05, 3.63) is 23.5 Å². The molecule has 1 aromatic rings. The van der Waals surface area contributed by atoms with Crippen LogP contribution in [0.4, 0.5) is 10.5 Å². The molecule has 2 amide bonds. The molecule has 1 aliphatic rings. The number of halogens is 1. The molecule has 2 rings (SSSR count). The molecule has 1 aliphatic carbocycles. The Morgan fingerprint density at radius 2 is 2.00 bits per heavy atom. The standard InChI is InChI=1S/C13H16ClN3O3/c14-10-5-6-15-7-11(10)17-12(18)8-1-3-9(4-2-8)16-13(19)20/h5-9,16H,1-4H2,(H,17,18)(H,19,20). The van der Waals surface area contributed by atoms with Gasteiger partial charge >= 0.3 is 6.09 Å². The summed E-state index contributed by atoms with van der Waals surface area (Å²) in [5.74, 6) is -0.202. The fraction of sp³-hybridized carbons (Fsp3) is 0.462. The Labute approximate surface area is 121 Å². The third-order valence-corrected chi connectivity index (χ3v) is 3.78. The third kappa shape index (κ3) is 3.84. The molecule has 0 unspecified atom stereocenters. The summed E-state index contributed by atoms with van der Waals surface area (Å²) in [7, 11) is 0. The van der Waals surface area contributed by atoms with Gasteiger partial charge in [0.05, 0.1) is 16.9 Å². The number of amides is 2. The predicted octanol–water partition coefficient (Wildman–Crippen LogP) is 2.50. The number of carboxylic acid groups (broad SMARTS) is 1. The van der Waals surface area contributed by atoms with E-state index in [2.05, 4.69) is 15.6 Å². The lowest BCUT2D eigenvalue weighted by molar-refractivity contribution is -0.120. The van der Waals surface area contributed by atoms with E-state index in [0.717, 1.165) is 0 Å². The summed E-state index contributed by atoms with van der Waals surface area (Å²) < 4.78 is 0. The molecule has 0 atom stereocenters. The molecule has 1 saturated carbocycles. The number of pyridine rings is 1. The summed E-state index contributed by atoms with van der Waals surface area (Å²) in [6, 6.07) is 1.56. The maximum atomic E-state index is 12.1. The van der Waals surface area contributed by atoms with Crippen LogP contribution in [0.1, 0.15) is 25.7 Å². The van der Waals surface area contributed by atoms with Crippen LogP contribution in [0, 0.1) is 5.92 Å². The van der Waals surface area contributed by atoms with E-state index >= 15 is 0 Å². The zero-order valence-corrected chi connectivity index (χ0v) is 11.6. The highest BCUT2D eigenvalue weighted by Gasteiger charge is 2.27. The highest BCUT2D eigenvalue weighted by atomic mass is 35.5. The number of hydrogen-bond acceptors (Lipinski definition) is 3. The average Bonchev–Trinajstić information content (AvgIpc) is 2.41. The van der Waals surface area contributed by atoms with Gasteiger partial charge in [-0.2, -0.15) is 0 Å². The van der Waals surface area contributed by atoms with Gasteiger partial charge < -0.3 is 15.7 Å². The first kappa shape index (κ1) is 14.6. The van der Waals surface area contributed by atoms with Crippen molar-refractivity contribution in [2.24, 2.45) is 5.92 Å². The van der Waals surface area contributed by atoms with Gasteiger partial charge in [0.15, 0.2) is 0 Å². The number of carbonyl (C=O) groups excluding carboxylic acids is 1. The molecule has 0 aromatic carbocycles. The first-order chi connectivity index (χ1) is 9.56. The summed E-state index contributed by atoms with van der Waals surface area (Å²) in [6.45, 7) is 0. The van der Waals surface area contributed by atoms with E-state index < -0.39 is 6.09 Å². The summed E-state index contributed by atoms with van der Waals surface area (Å²) >= 11 is 5.96. The van der Waals surface area contributed by atoms with E-state index in [-0.39, 0.29) is 17.9 Å². The molecule has 7 heteroatoms. The molecule has 1 heterocycles. The fourth-order valence-corrected chi connectivity index (χ4v) is 2.53. The SMILES string of the molecule is O=C(O)NC1CCC(C(=O)Nc2cnccc2Cl)CC1. The van der Waals surface area contributed by atoms with Crippen molar-refractivity contribution in [2.45, 2.75) is 31.7 Å². The molecule has 3 N–H and O–H groups in total. The highest BCUT2D eigenvalue weighted by molar-refractivity contribution is 6.33. The van der Waals surface area contributed by atoms with Crippen LogP contribution in [0.15, 0.2) is 18.5 Å². The van der Waals surface area contributed by atoms with Gasteiger partial charge in [-0.25, -0.2) is 4.79 Å². The molecule has 0 radical (unpaired) electrons. The molecule has 0 saturated heterocycles. The second-order valence-corrected chi connectivity index (χ2v) is 5.25. The molecule has 0 bridgehead atoms. The van der Waals surface area contributed by atoms with Crippen LogP contribution < -0.4 is 10.6 Å². The molecule has 0 spiro atoms. The topological polar surface area (TPSA) is 91.3 Å². The van der Waals surface area contributed by atoms with E-state index in [9.17, 15) is 9.59 Å². The van der Waals surface area contributed by atoms with Crippen LogP contribution in [-0.2, 0) is 4.79 Å². The first-order valence-corrected chi connectivity index (χ1v) is 6.84. The highest BCUT2D eigenvalue weighted by Crippen LogP contribution is 2.27. The van der Waals surface area contributed by atoms with Gasteiger partial charge in [0, 0.05) is 18.2 Å². The van der Waals surface area contributed by atoms with Crippen molar-refractivity contribution in [3.63, 3.8) is 0 Å². The van der Waals surface area contributed by atoms with Crippen LogP contribution in [0.2, 0.25) is 5.02 Å². The smallest absolute Gasteiger partial charge is 0.404 e. The van der Waals surface area contributed by atoms with Crippen molar-refractivity contribution in [2.75, 3.05) is 5.32 Å². The summed E-state index contributed by atoms with van der Waals surface area (Å²) in [5, 5.41) is 14.3. The largest absolute Gasteiger partial charge is 0.465 e. The molecule has 1 aromatic heterocycles. The molecule has 0 aliphatic heterocycles. The number of aromatic nitrogens is 1. The Morgan fingerprint density at radius 1 is 1.30 bits per heavy atom. The van der Waals surface area contributed by atoms with Gasteiger partial charge in [0.25, 0.3) is 0 Å². The second-order valence-electron chi connectivity index (χ2n) is 4.84. The van der Waals surface area contributed by atoms with Crippen LogP contribution in [0.5, 0.6) is 0 Å². The van der Waals surface area contributed by atoms with Crippen molar-refractivity contribution >= 4 is 29.3 Å². The molecule has 20 heavy (non-hydrogen) atoms. The van der Waals surface area contributed by atoms with E-state index in [4.69, 9.17) is 16.7 Å². The van der Waals surface area contributed by atoms with Gasteiger partial charge in [-0.05, 0) is 31.7 Å². The zero-order chi connectivity index (χ0) is 14.5. The van der Waals surface area contributed by atoms with Crippen LogP contribution >= 0.6 is 11.6 Å². The molecular formula is C13H16ClN3O3. The van der Waals surface area contributed by atoms with Crippen molar-refractivity contribution in [1.82, 2.24) is 10.3 Å². The Kier molecular flexibility index (Phi) is 4.79. The van der Waals surface area contributed by atoms with Crippen LogP contribution in [0.3, 0.4) is 0 Å². The summed E-state index contributed by atoms with van der Waals surface area (Å²) in [5.41, 5.74) is 0.505. The van der Waals surface area contributed by atoms with E-state index in [0.29, 0.717) is 36.4 Å². The maximum Gasteiger partial charge on any atom is 0.404 e. The number of hydrogen-bond donors (Lipinski definition) is 3. The first-order valence-electron chi connectivity index (χ1n) is 6.46. The van der Waals surface area contributed by atoms with Gasteiger partial charge in [-0.15, -0.1) is 0 Å². The van der Waals surface area contributed by atoms with Gasteiger partial charge in [-0.1, -0.05) is 11.6 Å². The van der Waals surface area contributed by atoms with E-state index in [1.807, 2.05) is 0 Å². The van der Waals surface area contributed by atoms with Gasteiger partial charge in [0.2, 0.25) is 5.91 Å². The quantitative estimate of drug-likeness (QED) is 0.799. The van der Waals surface area contributed by atoms with Gasteiger partial charge in [-0.3, -0.25) is 9.78 Å². The second kappa shape index (κ2) is 6.56.